The number of rotatable bonds is 9. The molecule has 0 saturated heterocycles. The number of carbonyl (C=O) groups is 1. The Labute approximate surface area is 194 Å². The van der Waals surface area contributed by atoms with Crippen LogP contribution in [-0.2, 0) is 24.2 Å². The molecule has 3 aromatic rings. The van der Waals surface area contributed by atoms with Crippen LogP contribution < -0.4 is 19.6 Å². The fourth-order valence-electron chi connectivity index (χ4n) is 3.78. The molecule has 0 unspecified atom stereocenters. The van der Waals surface area contributed by atoms with Gasteiger partial charge >= 0.3 is 0 Å². The third-order valence-electron chi connectivity index (χ3n) is 5.61. The van der Waals surface area contributed by atoms with Gasteiger partial charge in [0, 0.05) is 5.56 Å². The smallest absolute Gasteiger partial charge is 0.277 e. The number of nitrogens with zero attached hydrogens (tertiary/aromatic N) is 1. The van der Waals surface area contributed by atoms with E-state index in [0.29, 0.717) is 29.6 Å². The normalized spacial score (nSPS) is 12.7. The largest absolute Gasteiger partial charge is 0.493 e. The summed E-state index contributed by atoms with van der Waals surface area (Å²) in [6, 6.07) is 21.5. The molecular weight excluding hydrogens is 416 g/mol. The molecule has 3 aromatic carbocycles. The third-order valence-corrected chi connectivity index (χ3v) is 5.61. The van der Waals surface area contributed by atoms with Crippen LogP contribution in [0.4, 0.5) is 0 Å². The number of nitrogens with one attached hydrogen (secondary N) is 1. The van der Waals surface area contributed by atoms with Crippen molar-refractivity contribution in [2.24, 2.45) is 5.10 Å². The molecule has 0 aliphatic heterocycles. The zero-order valence-electron chi connectivity index (χ0n) is 19.0. The van der Waals surface area contributed by atoms with Crippen molar-refractivity contribution >= 4 is 11.6 Å². The Hall–Kier alpha value is -3.80. The Kier molecular flexibility index (Phi) is 7.25. The minimum atomic E-state index is -0.315. The number of amides is 1. The molecule has 6 heteroatoms. The Bertz CT molecular complexity index is 1140. The molecule has 1 aliphatic rings. The standard InChI is InChI=1S/C27H28N2O4/c1-19(28-29-27(30)18-32-24-13-11-21-9-6-10-23(21)15-24)22-12-14-25(26(16-22)31-2)33-17-20-7-4-3-5-8-20/h3-5,7-8,11-16H,6,9-10,17-18H2,1-2H3,(H,29,30). The summed E-state index contributed by atoms with van der Waals surface area (Å²) in [6.45, 7) is 2.18. The first-order chi connectivity index (χ1) is 16.1. The average Bonchev–Trinajstić information content (AvgIpc) is 3.33. The Balaban J connectivity index is 1.32. The molecular formula is C27H28N2O4. The fourth-order valence-corrected chi connectivity index (χ4v) is 3.78. The summed E-state index contributed by atoms with van der Waals surface area (Å²) in [7, 11) is 1.60. The minimum absolute atomic E-state index is 0.0921. The highest BCUT2D eigenvalue weighted by Crippen LogP contribution is 2.29. The summed E-state index contributed by atoms with van der Waals surface area (Å²) >= 11 is 0. The molecule has 33 heavy (non-hydrogen) atoms. The highest BCUT2D eigenvalue weighted by Gasteiger charge is 2.12. The van der Waals surface area contributed by atoms with Crippen molar-refractivity contribution in [1.82, 2.24) is 5.43 Å². The number of carbonyl (C=O) groups excluding carboxylic acids is 1. The second-order valence-corrected chi connectivity index (χ2v) is 7.94. The number of aryl methyl sites for hydroxylation is 2. The molecule has 6 nitrogen and oxygen atoms in total. The van der Waals surface area contributed by atoms with E-state index in [0.717, 1.165) is 24.0 Å². The first kappa shape index (κ1) is 22.4. The zero-order chi connectivity index (χ0) is 23.0. The Morgan fingerprint density at radius 2 is 1.76 bits per heavy atom. The van der Waals surface area contributed by atoms with E-state index in [1.165, 1.54) is 17.5 Å². The summed E-state index contributed by atoms with van der Waals surface area (Å²) < 4.78 is 17.0. The van der Waals surface area contributed by atoms with Crippen LogP contribution in [0.25, 0.3) is 0 Å². The van der Waals surface area contributed by atoms with Crippen molar-refractivity contribution in [3.63, 3.8) is 0 Å². The van der Waals surface area contributed by atoms with Crippen LogP contribution in [0.3, 0.4) is 0 Å². The summed E-state index contributed by atoms with van der Waals surface area (Å²) in [4.78, 5) is 12.2. The van der Waals surface area contributed by atoms with Gasteiger partial charge in [-0.05, 0) is 73.2 Å². The molecule has 0 fully saturated rings. The van der Waals surface area contributed by atoms with Gasteiger partial charge in [0.05, 0.1) is 12.8 Å². The van der Waals surface area contributed by atoms with E-state index in [4.69, 9.17) is 14.2 Å². The first-order valence-electron chi connectivity index (χ1n) is 11.1. The van der Waals surface area contributed by atoms with Crippen LogP contribution in [0.2, 0.25) is 0 Å². The number of benzene rings is 3. The number of fused-ring (bicyclic) bond motifs is 1. The van der Waals surface area contributed by atoms with Crippen LogP contribution in [0.15, 0.2) is 71.8 Å². The second-order valence-electron chi connectivity index (χ2n) is 7.94. The van der Waals surface area contributed by atoms with Crippen LogP contribution in [0.5, 0.6) is 17.2 Å². The lowest BCUT2D eigenvalue weighted by molar-refractivity contribution is -0.123. The maximum Gasteiger partial charge on any atom is 0.277 e. The molecule has 170 valence electrons. The lowest BCUT2D eigenvalue weighted by Crippen LogP contribution is -2.25. The number of hydrogen-bond donors (Lipinski definition) is 1. The maximum atomic E-state index is 12.2. The maximum absolute atomic E-state index is 12.2. The zero-order valence-corrected chi connectivity index (χ0v) is 19.0. The molecule has 0 aromatic heterocycles. The van der Waals surface area contributed by atoms with E-state index in [9.17, 15) is 4.79 Å². The minimum Gasteiger partial charge on any atom is -0.493 e. The van der Waals surface area contributed by atoms with Crippen LogP contribution in [-0.4, -0.2) is 25.3 Å². The lowest BCUT2D eigenvalue weighted by atomic mass is 10.1. The quantitative estimate of drug-likeness (QED) is 0.384. The monoisotopic (exact) mass is 444 g/mol. The SMILES string of the molecule is COc1cc(C(C)=NNC(=O)COc2ccc3c(c2)CCC3)ccc1OCc1ccccc1. The molecule has 0 heterocycles. The van der Waals surface area contributed by atoms with E-state index < -0.39 is 0 Å². The summed E-state index contributed by atoms with van der Waals surface area (Å²) in [5, 5.41) is 4.20. The van der Waals surface area contributed by atoms with Crippen molar-refractivity contribution in [2.45, 2.75) is 32.8 Å². The number of ether oxygens (including phenoxy) is 3. The van der Waals surface area contributed by atoms with E-state index >= 15 is 0 Å². The van der Waals surface area contributed by atoms with Gasteiger partial charge in [0.1, 0.15) is 12.4 Å². The van der Waals surface area contributed by atoms with Gasteiger partial charge in [-0.25, -0.2) is 5.43 Å². The number of hydrazone groups is 1. The second kappa shape index (κ2) is 10.7. The van der Waals surface area contributed by atoms with Gasteiger partial charge in [-0.3, -0.25) is 4.79 Å². The van der Waals surface area contributed by atoms with E-state index in [-0.39, 0.29) is 12.5 Å². The van der Waals surface area contributed by atoms with Crippen LogP contribution in [0.1, 0.15) is 35.6 Å². The molecule has 0 radical (unpaired) electrons. The first-order valence-corrected chi connectivity index (χ1v) is 11.1. The number of hydrogen-bond acceptors (Lipinski definition) is 5. The lowest BCUT2D eigenvalue weighted by Gasteiger charge is -2.12. The van der Waals surface area contributed by atoms with Gasteiger partial charge in [0.2, 0.25) is 0 Å². The molecule has 0 saturated carbocycles. The number of methoxy groups -OCH3 is 1. The molecule has 0 bridgehead atoms. The molecule has 1 N–H and O–H groups in total. The molecule has 0 atom stereocenters. The van der Waals surface area contributed by atoms with Gasteiger partial charge < -0.3 is 14.2 Å². The Morgan fingerprint density at radius 1 is 0.939 bits per heavy atom. The molecule has 0 spiro atoms. The third kappa shape index (κ3) is 5.92. The molecule has 4 rings (SSSR count). The van der Waals surface area contributed by atoms with Crippen molar-refractivity contribution in [1.29, 1.82) is 0 Å². The molecule has 1 amide bonds. The van der Waals surface area contributed by atoms with Gasteiger partial charge in [-0.1, -0.05) is 36.4 Å². The summed E-state index contributed by atoms with van der Waals surface area (Å²) in [5.74, 6) is 1.64. The van der Waals surface area contributed by atoms with Gasteiger partial charge in [-0.15, -0.1) is 0 Å². The summed E-state index contributed by atoms with van der Waals surface area (Å²) in [5.41, 5.74) is 7.78. The van der Waals surface area contributed by atoms with Crippen LogP contribution >= 0.6 is 0 Å². The Morgan fingerprint density at radius 3 is 2.58 bits per heavy atom. The summed E-state index contributed by atoms with van der Waals surface area (Å²) in [6.07, 6.45) is 3.37. The van der Waals surface area contributed by atoms with Crippen molar-refractivity contribution < 1.29 is 19.0 Å². The van der Waals surface area contributed by atoms with Gasteiger partial charge in [0.15, 0.2) is 18.1 Å². The fraction of sp³-hybridized carbons (Fsp3) is 0.259. The highest BCUT2D eigenvalue weighted by atomic mass is 16.5. The predicted octanol–water partition coefficient (Wildman–Crippen LogP) is 4.68. The predicted molar refractivity (Wildman–Crippen MR) is 128 cm³/mol. The highest BCUT2D eigenvalue weighted by molar-refractivity contribution is 5.99. The average molecular weight is 445 g/mol. The van der Waals surface area contributed by atoms with Crippen LogP contribution in [0, 0.1) is 0 Å². The topological polar surface area (TPSA) is 69.2 Å². The van der Waals surface area contributed by atoms with Crippen molar-refractivity contribution in [3.8, 4) is 17.2 Å². The van der Waals surface area contributed by atoms with E-state index in [2.05, 4.69) is 16.6 Å². The van der Waals surface area contributed by atoms with Crippen molar-refractivity contribution in [3.05, 3.63) is 89.0 Å². The van der Waals surface area contributed by atoms with E-state index in [1.807, 2.05) is 67.6 Å². The van der Waals surface area contributed by atoms with Crippen molar-refractivity contribution in [2.75, 3.05) is 13.7 Å². The van der Waals surface area contributed by atoms with Gasteiger partial charge in [0.25, 0.3) is 5.91 Å². The van der Waals surface area contributed by atoms with Gasteiger partial charge in [-0.2, -0.15) is 5.10 Å². The molecule has 1 aliphatic carbocycles. The van der Waals surface area contributed by atoms with E-state index in [1.54, 1.807) is 7.11 Å².